The topological polar surface area (TPSA) is 93.7 Å². The summed E-state index contributed by atoms with van der Waals surface area (Å²) in [4.78, 5) is 15.0. The van der Waals surface area contributed by atoms with E-state index < -0.39 is 5.91 Å². The van der Waals surface area contributed by atoms with Crippen molar-refractivity contribution in [3.8, 4) is 5.75 Å². The molecule has 136 valence electrons. The maximum atomic E-state index is 10.8. The Bertz CT molecular complexity index is 673. The highest BCUT2D eigenvalue weighted by Gasteiger charge is 2.01. The number of aliphatic imine (C=N–C) groups is 1. The second kappa shape index (κ2) is 11.3. The Morgan fingerprint density at radius 1 is 1.24 bits per heavy atom. The van der Waals surface area contributed by atoms with Crippen LogP contribution in [0.15, 0.2) is 53.8 Å². The van der Waals surface area contributed by atoms with Gasteiger partial charge in [0.15, 0.2) is 12.6 Å². The molecular weight excluding hydrogens is 433 g/mol. The van der Waals surface area contributed by atoms with Crippen LogP contribution < -0.4 is 21.1 Å². The van der Waals surface area contributed by atoms with Crippen LogP contribution in [-0.4, -0.2) is 36.6 Å². The van der Waals surface area contributed by atoms with Crippen molar-refractivity contribution in [3.63, 3.8) is 0 Å². The van der Waals surface area contributed by atoms with Gasteiger partial charge in [0.1, 0.15) is 5.75 Å². The van der Waals surface area contributed by atoms with Gasteiger partial charge in [0.25, 0.3) is 5.91 Å². The molecule has 0 bridgehead atoms. The van der Waals surface area contributed by atoms with Crippen LogP contribution in [0.4, 0.5) is 0 Å². The van der Waals surface area contributed by atoms with Crippen molar-refractivity contribution >= 4 is 35.8 Å². The fourth-order valence-electron chi connectivity index (χ4n) is 2.13. The minimum atomic E-state index is -0.495. The number of guanidine groups is 1. The monoisotopic (exact) mass is 457 g/mol. The maximum absolute atomic E-state index is 10.8. The molecule has 1 aromatic heterocycles. The van der Waals surface area contributed by atoms with Crippen LogP contribution in [0.25, 0.3) is 0 Å². The number of aromatic nitrogens is 1. The molecule has 0 aliphatic heterocycles. The highest BCUT2D eigenvalue weighted by Crippen LogP contribution is 2.12. The van der Waals surface area contributed by atoms with Gasteiger partial charge in [-0.05, 0) is 29.8 Å². The summed E-state index contributed by atoms with van der Waals surface area (Å²) < 4.78 is 7.39. The number of carbonyl (C=O) groups excluding carboxylic acids is 1. The van der Waals surface area contributed by atoms with Crippen molar-refractivity contribution in [1.82, 2.24) is 15.2 Å². The third-order valence-corrected chi connectivity index (χ3v) is 3.29. The predicted octanol–water partition coefficient (Wildman–Crippen LogP) is 1.34. The molecule has 2 rings (SSSR count). The van der Waals surface area contributed by atoms with Gasteiger partial charge in [0.2, 0.25) is 0 Å². The number of ether oxygens (including phenoxy) is 1. The summed E-state index contributed by atoms with van der Waals surface area (Å²) in [5.74, 6) is 0.847. The zero-order valence-electron chi connectivity index (χ0n) is 14.1. The summed E-state index contributed by atoms with van der Waals surface area (Å²) in [5.41, 5.74) is 6.09. The number of nitrogens with zero attached hydrogens (tertiary/aromatic N) is 2. The lowest BCUT2D eigenvalue weighted by atomic mass is 10.2. The summed E-state index contributed by atoms with van der Waals surface area (Å²) in [7, 11) is 1.73. The summed E-state index contributed by atoms with van der Waals surface area (Å²) in [6.45, 7) is 2.11. The first kappa shape index (κ1) is 20.8. The van der Waals surface area contributed by atoms with E-state index in [4.69, 9.17) is 10.5 Å². The summed E-state index contributed by atoms with van der Waals surface area (Å²) in [5, 5.41) is 6.50. The second-order valence-corrected chi connectivity index (χ2v) is 5.18. The van der Waals surface area contributed by atoms with Crippen LogP contribution in [0.3, 0.4) is 0 Å². The zero-order chi connectivity index (χ0) is 17.2. The van der Waals surface area contributed by atoms with Gasteiger partial charge in [0.05, 0.1) is 0 Å². The van der Waals surface area contributed by atoms with Gasteiger partial charge in [-0.3, -0.25) is 9.79 Å². The number of hydrogen-bond acceptors (Lipinski definition) is 3. The molecule has 0 saturated carbocycles. The molecule has 0 aliphatic carbocycles. The van der Waals surface area contributed by atoms with Crippen molar-refractivity contribution < 1.29 is 9.53 Å². The van der Waals surface area contributed by atoms with Crippen LogP contribution in [-0.2, 0) is 17.9 Å². The van der Waals surface area contributed by atoms with Crippen molar-refractivity contribution in [2.24, 2.45) is 10.7 Å². The van der Waals surface area contributed by atoms with Gasteiger partial charge < -0.3 is 25.7 Å². The van der Waals surface area contributed by atoms with E-state index in [-0.39, 0.29) is 30.6 Å². The largest absolute Gasteiger partial charge is 0.484 e. The Morgan fingerprint density at radius 2 is 2.00 bits per heavy atom. The van der Waals surface area contributed by atoms with Crippen molar-refractivity contribution in [3.05, 3.63) is 54.4 Å². The number of nitrogens with one attached hydrogen (secondary N) is 2. The summed E-state index contributed by atoms with van der Waals surface area (Å²) in [6, 6.07) is 11.5. The molecule has 0 radical (unpaired) electrons. The molecule has 25 heavy (non-hydrogen) atoms. The molecule has 2 aromatic rings. The number of rotatable bonds is 8. The fraction of sp³-hybridized carbons (Fsp3) is 0.294. The molecule has 1 aromatic carbocycles. The molecule has 0 aliphatic rings. The van der Waals surface area contributed by atoms with Crippen molar-refractivity contribution in [2.45, 2.75) is 13.1 Å². The van der Waals surface area contributed by atoms with Crippen LogP contribution in [0.1, 0.15) is 5.56 Å². The molecule has 0 saturated heterocycles. The van der Waals surface area contributed by atoms with Gasteiger partial charge >= 0.3 is 0 Å². The normalized spacial score (nSPS) is 10.7. The third kappa shape index (κ3) is 7.92. The van der Waals surface area contributed by atoms with E-state index in [1.165, 1.54) is 0 Å². The molecule has 4 N–H and O–H groups in total. The van der Waals surface area contributed by atoms with Gasteiger partial charge in [-0.1, -0.05) is 12.1 Å². The van der Waals surface area contributed by atoms with E-state index in [0.717, 1.165) is 24.6 Å². The molecule has 0 unspecified atom stereocenters. The van der Waals surface area contributed by atoms with Crippen LogP contribution >= 0.6 is 24.0 Å². The van der Waals surface area contributed by atoms with Gasteiger partial charge in [-0.25, -0.2) is 0 Å². The number of benzene rings is 1. The second-order valence-electron chi connectivity index (χ2n) is 5.18. The molecule has 1 heterocycles. The minimum Gasteiger partial charge on any atom is -0.484 e. The Labute approximate surface area is 164 Å². The molecule has 0 fully saturated rings. The maximum Gasteiger partial charge on any atom is 0.255 e. The van der Waals surface area contributed by atoms with E-state index in [2.05, 4.69) is 20.2 Å². The van der Waals surface area contributed by atoms with Gasteiger partial charge in [0, 0.05) is 39.1 Å². The molecule has 0 spiro atoms. The lowest BCUT2D eigenvalue weighted by Crippen LogP contribution is -2.38. The first-order chi connectivity index (χ1) is 11.7. The molecule has 7 nitrogen and oxygen atoms in total. The minimum absolute atomic E-state index is 0. The molecular formula is C17H24IN5O2. The van der Waals surface area contributed by atoms with Crippen LogP contribution in [0.2, 0.25) is 0 Å². The average molecular weight is 457 g/mol. The Balaban J connectivity index is 0.00000312. The van der Waals surface area contributed by atoms with Gasteiger partial charge in [-0.15, -0.1) is 24.0 Å². The number of amides is 1. The lowest BCUT2D eigenvalue weighted by Gasteiger charge is -2.13. The summed E-state index contributed by atoms with van der Waals surface area (Å²) in [6.07, 6.45) is 4.05. The lowest BCUT2D eigenvalue weighted by molar-refractivity contribution is -0.119. The van der Waals surface area contributed by atoms with E-state index >= 15 is 0 Å². The number of primary amides is 1. The standard InChI is InChI=1S/C17H23N5O2.HI/c1-19-17(20-7-10-22-8-2-3-9-22)21-12-14-5-4-6-15(11-14)24-13-16(18)23;/h2-6,8-9,11H,7,10,12-13H2,1H3,(H2,18,23)(H2,19,20,21);1H. The zero-order valence-corrected chi connectivity index (χ0v) is 16.5. The average Bonchev–Trinajstić information content (AvgIpc) is 3.10. The first-order valence-electron chi connectivity index (χ1n) is 7.72. The Kier molecular flexibility index (Phi) is 9.45. The Morgan fingerprint density at radius 3 is 2.68 bits per heavy atom. The number of hydrogen-bond donors (Lipinski definition) is 3. The SMILES string of the molecule is CN=C(NCCn1cccc1)NCc1cccc(OCC(N)=O)c1.I. The number of nitrogens with two attached hydrogens (primary N) is 1. The third-order valence-electron chi connectivity index (χ3n) is 3.29. The molecule has 1 amide bonds. The number of halogens is 1. The van der Waals surface area contributed by atoms with Crippen molar-refractivity contribution in [1.29, 1.82) is 0 Å². The molecule has 0 atom stereocenters. The molecule has 8 heteroatoms. The number of carbonyl (C=O) groups is 1. The van der Waals surface area contributed by atoms with E-state index in [1.807, 2.05) is 42.7 Å². The van der Waals surface area contributed by atoms with Crippen LogP contribution in [0, 0.1) is 0 Å². The smallest absolute Gasteiger partial charge is 0.255 e. The van der Waals surface area contributed by atoms with Crippen LogP contribution in [0.5, 0.6) is 5.75 Å². The summed E-state index contributed by atoms with van der Waals surface area (Å²) >= 11 is 0. The quantitative estimate of drug-likeness (QED) is 0.317. The Hall–Kier alpha value is -2.23. The highest BCUT2D eigenvalue weighted by atomic mass is 127. The van der Waals surface area contributed by atoms with Gasteiger partial charge in [-0.2, -0.15) is 0 Å². The fourth-order valence-corrected chi connectivity index (χ4v) is 2.13. The first-order valence-corrected chi connectivity index (χ1v) is 7.72. The predicted molar refractivity (Wildman–Crippen MR) is 109 cm³/mol. The van der Waals surface area contributed by atoms with E-state index in [9.17, 15) is 4.79 Å². The van der Waals surface area contributed by atoms with E-state index in [0.29, 0.717) is 12.3 Å². The van der Waals surface area contributed by atoms with E-state index in [1.54, 1.807) is 13.1 Å². The van der Waals surface area contributed by atoms with Crippen molar-refractivity contribution in [2.75, 3.05) is 20.2 Å². The highest BCUT2D eigenvalue weighted by molar-refractivity contribution is 14.0.